The predicted octanol–water partition coefficient (Wildman–Crippen LogP) is 3.68. The number of carbonyl (C=O) groups excluding carboxylic acids is 1. The normalized spacial score (nSPS) is 35.0. The Kier molecular flexibility index (Phi) is 3.60. The van der Waals surface area contributed by atoms with Gasteiger partial charge in [0.05, 0.1) is 5.92 Å². The molecule has 3 atom stereocenters. The smallest absolute Gasteiger partial charge is 0.310 e. The number of carboxylic acid groups (broad SMARTS) is 1. The number of carbonyl (C=O) groups is 2. The van der Waals surface area contributed by atoms with E-state index >= 15 is 0 Å². The van der Waals surface area contributed by atoms with Gasteiger partial charge in [0.2, 0.25) is 0 Å². The molecule has 0 saturated heterocycles. The SMILES string of the molecule is CC(C)C[C@H](/C=C1/C(=O)[C@]2(C)CC[C@H]1C2(C)C)C(=O)O. The van der Waals surface area contributed by atoms with Crippen LogP contribution in [-0.4, -0.2) is 16.9 Å². The van der Waals surface area contributed by atoms with Gasteiger partial charge < -0.3 is 5.11 Å². The summed E-state index contributed by atoms with van der Waals surface area (Å²) in [6.45, 7) is 10.4. The number of carboxylic acids is 1. The summed E-state index contributed by atoms with van der Waals surface area (Å²) in [6.07, 6.45) is 4.30. The van der Waals surface area contributed by atoms with Gasteiger partial charge in [-0.05, 0) is 42.1 Å². The lowest BCUT2D eigenvalue weighted by Crippen LogP contribution is -2.32. The molecule has 0 aliphatic heterocycles. The van der Waals surface area contributed by atoms with E-state index in [0.29, 0.717) is 12.3 Å². The van der Waals surface area contributed by atoms with Crippen molar-refractivity contribution in [2.24, 2.45) is 28.6 Å². The molecule has 1 N–H and O–H groups in total. The first-order chi connectivity index (χ1) is 9.11. The molecular formula is C17H26O3. The second-order valence-electron chi connectivity index (χ2n) is 7.67. The number of fused-ring (bicyclic) bond motifs is 2. The number of rotatable bonds is 4. The van der Waals surface area contributed by atoms with Crippen LogP contribution < -0.4 is 0 Å². The van der Waals surface area contributed by atoms with Crippen LogP contribution in [0.25, 0.3) is 0 Å². The molecule has 2 aliphatic rings. The molecule has 3 heteroatoms. The van der Waals surface area contributed by atoms with Crippen molar-refractivity contribution in [2.75, 3.05) is 0 Å². The van der Waals surface area contributed by atoms with Crippen molar-refractivity contribution >= 4 is 11.8 Å². The van der Waals surface area contributed by atoms with Crippen LogP contribution in [0, 0.1) is 28.6 Å². The summed E-state index contributed by atoms with van der Waals surface area (Å²) in [5.41, 5.74) is 0.443. The maximum Gasteiger partial charge on any atom is 0.310 e. The van der Waals surface area contributed by atoms with Crippen molar-refractivity contribution in [3.8, 4) is 0 Å². The molecule has 0 heterocycles. The summed E-state index contributed by atoms with van der Waals surface area (Å²) in [5.74, 6) is -0.620. The number of hydrogen-bond acceptors (Lipinski definition) is 2. The van der Waals surface area contributed by atoms with E-state index in [-0.39, 0.29) is 22.5 Å². The highest BCUT2D eigenvalue weighted by atomic mass is 16.4. The van der Waals surface area contributed by atoms with Crippen LogP contribution in [0.4, 0.5) is 0 Å². The lowest BCUT2D eigenvalue weighted by molar-refractivity contribution is -0.140. The zero-order chi connectivity index (χ0) is 15.3. The van der Waals surface area contributed by atoms with E-state index in [1.807, 2.05) is 20.8 Å². The molecule has 0 aromatic rings. The van der Waals surface area contributed by atoms with Gasteiger partial charge in [0.25, 0.3) is 0 Å². The van der Waals surface area contributed by atoms with Crippen LogP contribution in [-0.2, 0) is 9.59 Å². The van der Waals surface area contributed by atoms with Crippen molar-refractivity contribution in [3.05, 3.63) is 11.6 Å². The summed E-state index contributed by atoms with van der Waals surface area (Å²) < 4.78 is 0. The lowest BCUT2D eigenvalue weighted by Gasteiger charge is -2.31. The monoisotopic (exact) mass is 278 g/mol. The van der Waals surface area contributed by atoms with E-state index in [2.05, 4.69) is 13.8 Å². The Morgan fingerprint density at radius 2 is 2.00 bits per heavy atom. The zero-order valence-electron chi connectivity index (χ0n) is 13.2. The van der Waals surface area contributed by atoms with E-state index in [9.17, 15) is 14.7 Å². The Morgan fingerprint density at radius 3 is 2.40 bits per heavy atom. The highest BCUT2D eigenvalue weighted by Gasteiger charge is 2.63. The summed E-state index contributed by atoms with van der Waals surface area (Å²) in [5, 5.41) is 9.38. The minimum absolute atomic E-state index is 0.0448. The summed E-state index contributed by atoms with van der Waals surface area (Å²) >= 11 is 0. The molecule has 2 saturated carbocycles. The molecule has 0 unspecified atom stereocenters. The van der Waals surface area contributed by atoms with Crippen LogP contribution in [0.15, 0.2) is 11.6 Å². The molecule has 20 heavy (non-hydrogen) atoms. The third kappa shape index (κ3) is 2.02. The van der Waals surface area contributed by atoms with Crippen LogP contribution in [0.3, 0.4) is 0 Å². The van der Waals surface area contributed by atoms with Crippen LogP contribution in [0.5, 0.6) is 0 Å². The summed E-state index contributed by atoms with van der Waals surface area (Å²) in [4.78, 5) is 24.1. The third-order valence-corrected chi connectivity index (χ3v) is 5.79. The summed E-state index contributed by atoms with van der Waals surface area (Å²) in [6, 6.07) is 0. The number of aliphatic carboxylic acids is 1. The zero-order valence-corrected chi connectivity index (χ0v) is 13.2. The largest absolute Gasteiger partial charge is 0.481 e. The van der Waals surface area contributed by atoms with Crippen molar-refractivity contribution in [1.29, 1.82) is 0 Å². The average Bonchev–Trinajstić information content (AvgIpc) is 2.62. The van der Waals surface area contributed by atoms with E-state index in [0.717, 1.165) is 18.4 Å². The van der Waals surface area contributed by atoms with Crippen molar-refractivity contribution in [2.45, 2.75) is 53.9 Å². The first-order valence-corrected chi connectivity index (χ1v) is 7.60. The molecule has 0 radical (unpaired) electrons. The van der Waals surface area contributed by atoms with Gasteiger partial charge in [-0.15, -0.1) is 0 Å². The van der Waals surface area contributed by atoms with Crippen molar-refractivity contribution < 1.29 is 14.7 Å². The molecule has 0 aromatic carbocycles. The van der Waals surface area contributed by atoms with Crippen molar-refractivity contribution in [1.82, 2.24) is 0 Å². The van der Waals surface area contributed by atoms with Gasteiger partial charge in [0.1, 0.15) is 0 Å². The second kappa shape index (κ2) is 4.71. The van der Waals surface area contributed by atoms with E-state index in [4.69, 9.17) is 0 Å². The van der Waals surface area contributed by atoms with Crippen LogP contribution in [0.1, 0.15) is 53.9 Å². The second-order valence-corrected chi connectivity index (χ2v) is 7.67. The molecule has 2 bridgehead atoms. The van der Waals surface area contributed by atoms with Crippen LogP contribution in [0.2, 0.25) is 0 Å². The molecule has 0 amide bonds. The maximum absolute atomic E-state index is 12.7. The van der Waals surface area contributed by atoms with Crippen LogP contribution >= 0.6 is 0 Å². The number of allylic oxidation sites excluding steroid dienone is 1. The van der Waals surface area contributed by atoms with E-state index in [1.54, 1.807) is 6.08 Å². The minimum Gasteiger partial charge on any atom is -0.481 e. The first-order valence-electron chi connectivity index (χ1n) is 7.60. The quantitative estimate of drug-likeness (QED) is 0.798. The molecule has 3 nitrogen and oxygen atoms in total. The molecule has 2 aliphatic carbocycles. The van der Waals surface area contributed by atoms with Gasteiger partial charge in [0, 0.05) is 5.41 Å². The van der Waals surface area contributed by atoms with Gasteiger partial charge >= 0.3 is 5.97 Å². The standard InChI is InChI=1S/C17H26O3/c1-10(2)8-11(15(19)20)9-12-13-6-7-17(5,14(12)18)16(13,3)4/h9-11,13H,6-8H2,1-5H3,(H,19,20)/b12-9+/t11-,13-,17+/m1/s1. The fourth-order valence-corrected chi connectivity index (χ4v) is 4.08. The molecular weight excluding hydrogens is 252 g/mol. The molecule has 2 rings (SSSR count). The Morgan fingerprint density at radius 1 is 1.40 bits per heavy atom. The number of ketones is 1. The number of Topliss-reactive ketones (excluding diaryl/α,β-unsaturated/α-hetero) is 1. The topological polar surface area (TPSA) is 54.4 Å². The number of hydrogen-bond donors (Lipinski definition) is 1. The Bertz CT molecular complexity index is 473. The van der Waals surface area contributed by atoms with E-state index < -0.39 is 11.9 Å². The van der Waals surface area contributed by atoms with Gasteiger partial charge in [0.15, 0.2) is 5.78 Å². The third-order valence-electron chi connectivity index (χ3n) is 5.79. The van der Waals surface area contributed by atoms with Crippen molar-refractivity contribution in [3.63, 3.8) is 0 Å². The first kappa shape index (κ1) is 15.3. The Hall–Kier alpha value is -1.12. The predicted molar refractivity (Wildman–Crippen MR) is 78.3 cm³/mol. The van der Waals surface area contributed by atoms with Gasteiger partial charge in [-0.1, -0.05) is 40.7 Å². The molecule has 0 aromatic heterocycles. The fourth-order valence-electron chi connectivity index (χ4n) is 4.08. The van der Waals surface area contributed by atoms with Gasteiger partial charge in [-0.2, -0.15) is 0 Å². The molecule has 0 spiro atoms. The highest BCUT2D eigenvalue weighted by molar-refractivity contribution is 6.05. The highest BCUT2D eigenvalue weighted by Crippen LogP contribution is 2.65. The fraction of sp³-hybridized carbons (Fsp3) is 0.765. The molecule has 112 valence electrons. The average molecular weight is 278 g/mol. The Balaban J connectivity index is 2.36. The van der Waals surface area contributed by atoms with Gasteiger partial charge in [-0.3, -0.25) is 9.59 Å². The van der Waals surface area contributed by atoms with E-state index in [1.165, 1.54) is 0 Å². The summed E-state index contributed by atoms with van der Waals surface area (Å²) in [7, 11) is 0. The minimum atomic E-state index is -0.815. The lowest BCUT2D eigenvalue weighted by atomic mass is 9.70. The maximum atomic E-state index is 12.7. The Labute approximate surface area is 121 Å². The van der Waals surface area contributed by atoms with Gasteiger partial charge in [-0.25, -0.2) is 0 Å². The molecule has 2 fully saturated rings.